The highest BCUT2D eigenvalue weighted by molar-refractivity contribution is 14.0. The van der Waals surface area contributed by atoms with E-state index in [0.717, 1.165) is 26.1 Å². The molecule has 3 N–H and O–H groups in total. The predicted molar refractivity (Wildman–Crippen MR) is 124 cm³/mol. The number of aryl methyl sites for hydroxylation is 1. The number of hydrogen-bond donors (Lipinski definition) is 3. The second-order valence-corrected chi connectivity index (χ2v) is 7.90. The molecule has 27 heavy (non-hydrogen) atoms. The predicted octanol–water partition coefficient (Wildman–Crippen LogP) is 2.66. The maximum atomic E-state index is 12.0. The summed E-state index contributed by atoms with van der Waals surface area (Å²) >= 11 is 0. The Kier molecular flexibility index (Phi) is 9.35. The summed E-state index contributed by atoms with van der Waals surface area (Å²) < 4.78 is 0. The van der Waals surface area contributed by atoms with Crippen LogP contribution in [0.2, 0.25) is 0 Å². The molecule has 0 aromatic heterocycles. The van der Waals surface area contributed by atoms with Crippen LogP contribution < -0.4 is 20.9 Å². The molecule has 6 nitrogen and oxygen atoms in total. The third-order valence-electron chi connectivity index (χ3n) is 4.17. The summed E-state index contributed by atoms with van der Waals surface area (Å²) in [6, 6.07) is 8.96. The van der Waals surface area contributed by atoms with E-state index >= 15 is 0 Å². The Balaban J connectivity index is 0.00000364. The van der Waals surface area contributed by atoms with E-state index in [9.17, 15) is 4.79 Å². The lowest BCUT2D eigenvalue weighted by Gasteiger charge is -2.21. The average Bonchev–Trinajstić information content (AvgIpc) is 3.00. The quantitative estimate of drug-likeness (QED) is 0.340. The van der Waals surface area contributed by atoms with Crippen LogP contribution in [0.25, 0.3) is 0 Å². The van der Waals surface area contributed by atoms with Crippen LogP contribution in [-0.4, -0.2) is 49.6 Å². The number of carbonyl (C=O) groups is 1. The van der Waals surface area contributed by atoms with E-state index in [0.29, 0.717) is 12.0 Å². The van der Waals surface area contributed by atoms with Gasteiger partial charge in [0.2, 0.25) is 5.91 Å². The van der Waals surface area contributed by atoms with Crippen LogP contribution in [0.4, 0.5) is 5.69 Å². The first kappa shape index (κ1) is 23.5. The van der Waals surface area contributed by atoms with Gasteiger partial charge in [0.1, 0.15) is 6.54 Å². The molecule has 1 amide bonds. The lowest BCUT2D eigenvalue weighted by molar-refractivity contribution is -0.121. The number of nitrogens with zero attached hydrogens (tertiary/aromatic N) is 2. The summed E-state index contributed by atoms with van der Waals surface area (Å²) in [6.45, 7) is 12.9. The maximum Gasteiger partial charge on any atom is 0.242 e. The normalized spacial score (nSPS) is 17.3. The van der Waals surface area contributed by atoms with Gasteiger partial charge in [0, 0.05) is 36.9 Å². The van der Waals surface area contributed by atoms with Gasteiger partial charge in [-0.25, -0.2) is 4.99 Å². The Morgan fingerprint density at radius 1 is 1.26 bits per heavy atom. The number of rotatable bonds is 5. The molecule has 1 aliphatic rings. The minimum atomic E-state index is -0.238. The van der Waals surface area contributed by atoms with Crippen molar-refractivity contribution in [3.63, 3.8) is 0 Å². The van der Waals surface area contributed by atoms with Crippen molar-refractivity contribution in [2.45, 2.75) is 52.6 Å². The average molecular weight is 487 g/mol. The number of hydrogen-bond acceptors (Lipinski definition) is 3. The van der Waals surface area contributed by atoms with Gasteiger partial charge < -0.3 is 20.9 Å². The first-order chi connectivity index (χ1) is 12.3. The molecule has 1 heterocycles. The van der Waals surface area contributed by atoms with Gasteiger partial charge in [0.05, 0.1) is 0 Å². The number of benzene rings is 1. The van der Waals surface area contributed by atoms with Gasteiger partial charge >= 0.3 is 0 Å². The van der Waals surface area contributed by atoms with Crippen LogP contribution in [0, 0.1) is 6.92 Å². The number of aliphatic imine (C=N–C) groups is 1. The molecule has 0 aliphatic carbocycles. The second kappa shape index (κ2) is 10.7. The Hall–Kier alpha value is -1.51. The van der Waals surface area contributed by atoms with E-state index in [4.69, 9.17) is 0 Å². The van der Waals surface area contributed by atoms with Gasteiger partial charge in [0.15, 0.2) is 5.96 Å². The van der Waals surface area contributed by atoms with E-state index < -0.39 is 0 Å². The number of amides is 1. The Morgan fingerprint density at radius 2 is 1.93 bits per heavy atom. The van der Waals surface area contributed by atoms with Gasteiger partial charge in [-0.2, -0.15) is 0 Å². The van der Waals surface area contributed by atoms with Crippen LogP contribution in [0.1, 0.15) is 39.7 Å². The fourth-order valence-corrected chi connectivity index (χ4v) is 2.99. The highest BCUT2D eigenvalue weighted by Gasteiger charge is 2.23. The molecule has 0 saturated carbocycles. The van der Waals surface area contributed by atoms with Crippen molar-refractivity contribution < 1.29 is 4.79 Å². The Labute approximate surface area is 180 Å². The molecular formula is C20H34IN5O. The second-order valence-electron chi connectivity index (χ2n) is 7.90. The number of nitrogens with one attached hydrogen (secondary N) is 3. The molecular weight excluding hydrogens is 453 g/mol. The van der Waals surface area contributed by atoms with Gasteiger partial charge in [-0.05, 0) is 53.2 Å². The minimum Gasteiger partial charge on any atom is -0.369 e. The van der Waals surface area contributed by atoms with Gasteiger partial charge in [-0.1, -0.05) is 17.7 Å². The monoisotopic (exact) mass is 487 g/mol. The van der Waals surface area contributed by atoms with Crippen LogP contribution in [0.15, 0.2) is 29.3 Å². The summed E-state index contributed by atoms with van der Waals surface area (Å²) in [5, 5.41) is 9.63. The lowest BCUT2D eigenvalue weighted by atomic mass is 10.1. The van der Waals surface area contributed by atoms with Crippen LogP contribution in [0.5, 0.6) is 0 Å². The van der Waals surface area contributed by atoms with Crippen LogP contribution in [0.3, 0.4) is 0 Å². The molecule has 0 bridgehead atoms. The molecule has 152 valence electrons. The largest absolute Gasteiger partial charge is 0.369 e. The summed E-state index contributed by atoms with van der Waals surface area (Å²) in [6.07, 6.45) is 1.05. The van der Waals surface area contributed by atoms with Gasteiger partial charge in [-0.3, -0.25) is 4.79 Å². The third kappa shape index (κ3) is 8.36. The molecule has 7 heteroatoms. The standard InChI is InChI=1S/C20H33N5O.HI/c1-6-21-19(22-13-18(26)24-20(3,4)5)23-16-11-12-25(14-16)17-9-7-15(2)8-10-17;/h7-10,16H,6,11-14H2,1-5H3,(H,24,26)(H2,21,22,23);1H. The van der Waals surface area contributed by atoms with Crippen molar-refractivity contribution in [2.75, 3.05) is 31.1 Å². The van der Waals surface area contributed by atoms with Crippen molar-refractivity contribution in [3.05, 3.63) is 29.8 Å². The lowest BCUT2D eigenvalue weighted by Crippen LogP contribution is -2.46. The Bertz CT molecular complexity index is 624. The zero-order valence-electron chi connectivity index (χ0n) is 17.1. The molecule has 1 saturated heterocycles. The molecule has 1 unspecified atom stereocenters. The van der Waals surface area contributed by atoms with E-state index in [-0.39, 0.29) is 42.0 Å². The third-order valence-corrected chi connectivity index (χ3v) is 4.17. The first-order valence-corrected chi connectivity index (χ1v) is 9.44. The van der Waals surface area contributed by atoms with Gasteiger partial charge in [0.25, 0.3) is 0 Å². The molecule has 1 fully saturated rings. The zero-order valence-corrected chi connectivity index (χ0v) is 19.5. The molecule has 1 aliphatic heterocycles. The topological polar surface area (TPSA) is 68.8 Å². The zero-order chi connectivity index (χ0) is 19.2. The Morgan fingerprint density at radius 3 is 2.52 bits per heavy atom. The molecule has 1 aromatic carbocycles. The minimum absolute atomic E-state index is 0. The fraction of sp³-hybridized carbons (Fsp3) is 0.600. The van der Waals surface area contributed by atoms with E-state index in [2.05, 4.69) is 57.0 Å². The number of anilines is 1. The van der Waals surface area contributed by atoms with Gasteiger partial charge in [-0.15, -0.1) is 24.0 Å². The molecule has 2 rings (SSSR count). The summed E-state index contributed by atoms with van der Waals surface area (Å²) in [4.78, 5) is 18.8. The first-order valence-electron chi connectivity index (χ1n) is 9.44. The summed E-state index contributed by atoms with van der Waals surface area (Å²) in [5.74, 6) is 0.634. The van der Waals surface area contributed by atoms with E-state index in [1.165, 1.54) is 11.3 Å². The van der Waals surface area contributed by atoms with E-state index in [1.807, 2.05) is 27.7 Å². The van der Waals surface area contributed by atoms with Crippen LogP contribution >= 0.6 is 24.0 Å². The highest BCUT2D eigenvalue weighted by atomic mass is 127. The van der Waals surface area contributed by atoms with Crippen LogP contribution in [-0.2, 0) is 4.79 Å². The summed E-state index contributed by atoms with van der Waals surface area (Å²) in [5.41, 5.74) is 2.29. The smallest absolute Gasteiger partial charge is 0.242 e. The molecule has 1 atom stereocenters. The molecule has 1 aromatic rings. The van der Waals surface area contributed by atoms with Crippen molar-refractivity contribution in [3.8, 4) is 0 Å². The maximum absolute atomic E-state index is 12.0. The number of guanidine groups is 1. The fourth-order valence-electron chi connectivity index (χ4n) is 2.99. The number of halogens is 1. The van der Waals surface area contributed by atoms with E-state index in [1.54, 1.807) is 0 Å². The van der Waals surface area contributed by atoms with Crippen molar-refractivity contribution in [2.24, 2.45) is 4.99 Å². The molecule has 0 spiro atoms. The van der Waals surface area contributed by atoms with Crippen molar-refractivity contribution >= 4 is 41.5 Å². The number of carbonyl (C=O) groups excluding carboxylic acids is 1. The van der Waals surface area contributed by atoms with Crippen molar-refractivity contribution in [1.29, 1.82) is 0 Å². The SMILES string of the molecule is CCNC(=NCC(=O)NC(C)(C)C)NC1CCN(c2ccc(C)cc2)C1.I. The van der Waals surface area contributed by atoms with Crippen molar-refractivity contribution in [1.82, 2.24) is 16.0 Å². The summed E-state index contributed by atoms with van der Waals surface area (Å²) in [7, 11) is 0. The molecule has 0 radical (unpaired) electrons. The highest BCUT2D eigenvalue weighted by Crippen LogP contribution is 2.20.